The Hall–Kier alpha value is -2.40. The number of benzene rings is 1. The minimum absolute atomic E-state index is 0.100. The van der Waals surface area contributed by atoms with Gasteiger partial charge in [0.05, 0.1) is 17.1 Å². The summed E-state index contributed by atoms with van der Waals surface area (Å²) in [7, 11) is 0. The molecule has 0 saturated heterocycles. The Morgan fingerprint density at radius 1 is 1.32 bits per heavy atom. The van der Waals surface area contributed by atoms with E-state index in [0.29, 0.717) is 0 Å². The van der Waals surface area contributed by atoms with E-state index < -0.39 is 0 Å². The highest BCUT2D eigenvalue weighted by Gasteiger charge is 2.22. The maximum absolute atomic E-state index is 12.4. The molecular weight excluding hydrogens is 330 g/mol. The van der Waals surface area contributed by atoms with Crippen molar-refractivity contribution in [2.24, 2.45) is 5.92 Å². The number of para-hydroxylation sites is 2. The molecule has 5 heteroatoms. The number of fused-ring (bicyclic) bond motifs is 1. The number of nitrogens with zero attached hydrogens (tertiary/aromatic N) is 1. The van der Waals surface area contributed by atoms with Gasteiger partial charge in [-0.2, -0.15) is 0 Å². The Kier molecular flexibility index (Phi) is 5.34. The fourth-order valence-electron chi connectivity index (χ4n) is 2.74. The molecule has 0 bridgehead atoms. The number of thiophene rings is 1. The predicted octanol–water partition coefficient (Wildman–Crippen LogP) is 4.85. The number of H-pyrrole nitrogens is 1. The lowest BCUT2D eigenvalue weighted by Gasteiger charge is -2.21. The molecule has 2 N–H and O–H groups in total. The lowest BCUT2D eigenvalue weighted by molar-refractivity contribution is -0.117. The minimum Gasteiger partial charge on any atom is -0.342 e. The second kappa shape index (κ2) is 7.66. The van der Waals surface area contributed by atoms with Crippen LogP contribution in [0.4, 0.5) is 0 Å². The quantitative estimate of drug-likeness (QED) is 0.622. The van der Waals surface area contributed by atoms with Gasteiger partial charge < -0.3 is 10.3 Å². The van der Waals surface area contributed by atoms with Crippen molar-refractivity contribution in [1.82, 2.24) is 15.3 Å². The van der Waals surface area contributed by atoms with Crippen LogP contribution in [0.15, 0.2) is 42.5 Å². The van der Waals surface area contributed by atoms with E-state index in [1.807, 2.05) is 36.4 Å². The highest BCUT2D eigenvalue weighted by molar-refractivity contribution is 7.12. The summed E-state index contributed by atoms with van der Waals surface area (Å²) in [5, 5.41) is 3.11. The molecule has 2 atom stereocenters. The van der Waals surface area contributed by atoms with Gasteiger partial charge in [-0.25, -0.2) is 4.98 Å². The molecule has 0 aliphatic carbocycles. The standard InChI is InChI=1S/C20H23N3OS/c1-4-13(2)19(20-21-16-7-5-6-8-17(16)22-20)23-18(24)12-11-15-10-9-14(3)25-15/h5-13,19H,4H2,1-3H3,(H,21,22)(H,23,24). The number of aryl methyl sites for hydroxylation is 1. The van der Waals surface area contributed by atoms with Crippen LogP contribution in [0.3, 0.4) is 0 Å². The van der Waals surface area contributed by atoms with Gasteiger partial charge >= 0.3 is 0 Å². The largest absolute Gasteiger partial charge is 0.342 e. The second-order valence-corrected chi connectivity index (χ2v) is 7.61. The number of hydrogen-bond acceptors (Lipinski definition) is 3. The van der Waals surface area contributed by atoms with Gasteiger partial charge in [0.2, 0.25) is 5.91 Å². The normalized spacial score (nSPS) is 14.0. The van der Waals surface area contributed by atoms with Crippen LogP contribution < -0.4 is 5.32 Å². The summed E-state index contributed by atoms with van der Waals surface area (Å²) in [5.41, 5.74) is 1.91. The molecule has 130 valence electrons. The second-order valence-electron chi connectivity index (χ2n) is 6.29. The number of aromatic amines is 1. The average molecular weight is 353 g/mol. The molecule has 25 heavy (non-hydrogen) atoms. The van der Waals surface area contributed by atoms with E-state index in [1.165, 1.54) is 4.88 Å². The molecule has 0 radical (unpaired) electrons. The molecule has 3 aromatic rings. The van der Waals surface area contributed by atoms with E-state index >= 15 is 0 Å². The SMILES string of the molecule is CCC(C)C(NC(=O)C=Cc1ccc(C)s1)c1nc2ccccc2[nH]1. The molecule has 2 heterocycles. The van der Waals surface area contributed by atoms with Crippen molar-refractivity contribution in [3.63, 3.8) is 0 Å². The van der Waals surface area contributed by atoms with Crippen LogP contribution >= 0.6 is 11.3 Å². The topological polar surface area (TPSA) is 57.8 Å². The molecule has 0 saturated carbocycles. The molecule has 0 aliphatic rings. The molecular formula is C20H23N3OS. The van der Waals surface area contributed by atoms with Crippen molar-refractivity contribution < 1.29 is 4.79 Å². The first-order valence-corrected chi connectivity index (χ1v) is 9.38. The Balaban J connectivity index is 1.78. The van der Waals surface area contributed by atoms with E-state index in [9.17, 15) is 4.79 Å². The molecule has 0 spiro atoms. The van der Waals surface area contributed by atoms with Crippen LogP contribution in [0.2, 0.25) is 0 Å². The number of nitrogens with one attached hydrogen (secondary N) is 2. The van der Waals surface area contributed by atoms with Crippen LogP contribution in [0, 0.1) is 12.8 Å². The average Bonchev–Trinajstić information content (AvgIpc) is 3.22. The van der Waals surface area contributed by atoms with Crippen molar-refractivity contribution in [1.29, 1.82) is 0 Å². The van der Waals surface area contributed by atoms with Crippen molar-refractivity contribution in [2.75, 3.05) is 0 Å². The number of carbonyl (C=O) groups is 1. The zero-order valence-corrected chi connectivity index (χ0v) is 15.6. The zero-order chi connectivity index (χ0) is 17.8. The summed E-state index contributed by atoms with van der Waals surface area (Å²) in [4.78, 5) is 22.7. The predicted molar refractivity (Wildman–Crippen MR) is 105 cm³/mol. The fourth-order valence-corrected chi connectivity index (χ4v) is 3.52. The summed E-state index contributed by atoms with van der Waals surface area (Å²) >= 11 is 1.67. The maximum atomic E-state index is 12.4. The van der Waals surface area contributed by atoms with Gasteiger partial charge in [-0.15, -0.1) is 11.3 Å². The van der Waals surface area contributed by atoms with Crippen LogP contribution in [-0.2, 0) is 4.79 Å². The van der Waals surface area contributed by atoms with Crippen LogP contribution in [0.5, 0.6) is 0 Å². The molecule has 2 unspecified atom stereocenters. The highest BCUT2D eigenvalue weighted by Crippen LogP contribution is 2.24. The van der Waals surface area contributed by atoms with E-state index in [2.05, 4.69) is 42.1 Å². The van der Waals surface area contributed by atoms with Crippen LogP contribution in [0.1, 0.15) is 41.9 Å². The lowest BCUT2D eigenvalue weighted by atomic mass is 9.98. The van der Waals surface area contributed by atoms with Gasteiger partial charge in [0.25, 0.3) is 0 Å². The van der Waals surface area contributed by atoms with Gasteiger partial charge in [0, 0.05) is 15.8 Å². The molecule has 0 fully saturated rings. The third-order valence-electron chi connectivity index (χ3n) is 4.37. The van der Waals surface area contributed by atoms with Gasteiger partial charge in [-0.1, -0.05) is 32.4 Å². The number of rotatable bonds is 6. The third-order valence-corrected chi connectivity index (χ3v) is 5.34. The van der Waals surface area contributed by atoms with Crippen LogP contribution in [0.25, 0.3) is 17.1 Å². The van der Waals surface area contributed by atoms with Gasteiger partial charge in [0.15, 0.2) is 0 Å². The van der Waals surface area contributed by atoms with E-state index in [-0.39, 0.29) is 17.9 Å². The smallest absolute Gasteiger partial charge is 0.244 e. The molecule has 0 aliphatic heterocycles. The van der Waals surface area contributed by atoms with E-state index in [1.54, 1.807) is 17.4 Å². The number of hydrogen-bond donors (Lipinski definition) is 2. The van der Waals surface area contributed by atoms with Crippen molar-refractivity contribution >= 4 is 34.4 Å². The Bertz CT molecular complexity index is 860. The minimum atomic E-state index is -0.139. The molecule has 1 amide bonds. The summed E-state index contributed by atoms with van der Waals surface area (Å²) in [6.45, 7) is 6.31. The summed E-state index contributed by atoms with van der Waals surface area (Å²) in [6.07, 6.45) is 4.42. The van der Waals surface area contributed by atoms with Gasteiger partial charge in [-0.05, 0) is 43.2 Å². The number of amides is 1. The van der Waals surface area contributed by atoms with Crippen molar-refractivity contribution in [2.45, 2.75) is 33.2 Å². The summed E-state index contributed by atoms with van der Waals surface area (Å²) < 4.78 is 0. The zero-order valence-electron chi connectivity index (χ0n) is 14.7. The van der Waals surface area contributed by atoms with Gasteiger partial charge in [0.1, 0.15) is 5.82 Å². The number of imidazole rings is 1. The summed E-state index contributed by atoms with van der Waals surface area (Å²) in [5.74, 6) is 0.989. The van der Waals surface area contributed by atoms with E-state index in [4.69, 9.17) is 0 Å². The Morgan fingerprint density at radius 3 is 2.80 bits per heavy atom. The van der Waals surface area contributed by atoms with Gasteiger partial charge in [-0.3, -0.25) is 4.79 Å². The Morgan fingerprint density at radius 2 is 2.12 bits per heavy atom. The highest BCUT2D eigenvalue weighted by atomic mass is 32.1. The molecule has 1 aromatic carbocycles. The van der Waals surface area contributed by atoms with Crippen molar-refractivity contribution in [3.8, 4) is 0 Å². The lowest BCUT2D eigenvalue weighted by Crippen LogP contribution is -2.32. The first-order valence-electron chi connectivity index (χ1n) is 8.56. The monoisotopic (exact) mass is 353 g/mol. The summed E-state index contributed by atoms with van der Waals surface area (Å²) in [6, 6.07) is 11.9. The molecule has 4 nitrogen and oxygen atoms in total. The third kappa shape index (κ3) is 4.17. The fraction of sp³-hybridized carbons (Fsp3) is 0.300. The Labute approximate surface area is 152 Å². The molecule has 3 rings (SSSR count). The van der Waals surface area contributed by atoms with Crippen LogP contribution in [-0.4, -0.2) is 15.9 Å². The maximum Gasteiger partial charge on any atom is 0.244 e. The molecule has 2 aromatic heterocycles. The van der Waals surface area contributed by atoms with Crippen molar-refractivity contribution in [3.05, 3.63) is 58.1 Å². The number of carbonyl (C=O) groups excluding carboxylic acids is 1. The first-order chi connectivity index (χ1) is 12.1. The van der Waals surface area contributed by atoms with E-state index in [0.717, 1.165) is 28.2 Å². The number of aromatic nitrogens is 2. The first kappa shape index (κ1) is 17.4.